The topological polar surface area (TPSA) is 64.8 Å². The van der Waals surface area contributed by atoms with Gasteiger partial charge in [0.1, 0.15) is 0 Å². The van der Waals surface area contributed by atoms with Crippen LogP contribution in [0.1, 0.15) is 5.69 Å². The van der Waals surface area contributed by atoms with Gasteiger partial charge in [-0.25, -0.2) is 18.1 Å². The Kier molecular flexibility index (Phi) is 5.04. The van der Waals surface area contributed by atoms with Crippen LogP contribution in [0.3, 0.4) is 0 Å². The molecule has 10 heteroatoms. The first-order chi connectivity index (χ1) is 12.6. The Bertz CT molecular complexity index is 1060. The standard InChI is InChI=1S/C17H14F3N3O2S2/c1-26-13-6-3-11(4-7-13)14-9-15(17(18,19)20)22-23(14)12-5-8-16(21-10-12)27(2,24)25/h3-10H,1-2H3. The Morgan fingerprint density at radius 2 is 1.74 bits per heavy atom. The van der Waals surface area contributed by atoms with Gasteiger partial charge in [-0.05, 0) is 36.6 Å². The zero-order valence-electron chi connectivity index (χ0n) is 14.2. The molecule has 2 aromatic heterocycles. The van der Waals surface area contributed by atoms with Crippen molar-refractivity contribution in [1.29, 1.82) is 0 Å². The summed E-state index contributed by atoms with van der Waals surface area (Å²) in [4.78, 5) is 4.80. The molecule has 0 amide bonds. The van der Waals surface area contributed by atoms with Crippen molar-refractivity contribution in [1.82, 2.24) is 14.8 Å². The molecular formula is C17H14F3N3O2S2. The molecule has 1 aromatic carbocycles. The summed E-state index contributed by atoms with van der Waals surface area (Å²) in [5.74, 6) is 0. The van der Waals surface area contributed by atoms with Crippen molar-refractivity contribution >= 4 is 21.6 Å². The van der Waals surface area contributed by atoms with Crippen LogP contribution in [-0.4, -0.2) is 35.7 Å². The molecule has 0 spiro atoms. The van der Waals surface area contributed by atoms with Gasteiger partial charge in [0.05, 0.1) is 17.6 Å². The highest BCUT2D eigenvalue weighted by Gasteiger charge is 2.35. The Hall–Kier alpha value is -2.33. The maximum Gasteiger partial charge on any atom is 0.435 e. The fourth-order valence-corrected chi connectivity index (χ4v) is 3.37. The number of halogens is 3. The highest BCUT2D eigenvalue weighted by molar-refractivity contribution is 7.98. The van der Waals surface area contributed by atoms with Crippen molar-refractivity contribution in [3.05, 3.63) is 54.4 Å². The third kappa shape index (κ3) is 4.16. The molecule has 0 saturated heterocycles. The summed E-state index contributed by atoms with van der Waals surface area (Å²) in [7, 11) is -3.51. The Labute approximate surface area is 158 Å². The molecule has 0 atom stereocenters. The Morgan fingerprint density at radius 3 is 2.22 bits per heavy atom. The lowest BCUT2D eigenvalue weighted by Gasteiger charge is -2.08. The van der Waals surface area contributed by atoms with E-state index in [1.165, 1.54) is 30.1 Å². The van der Waals surface area contributed by atoms with E-state index in [9.17, 15) is 21.6 Å². The van der Waals surface area contributed by atoms with E-state index in [1.807, 2.05) is 6.26 Å². The number of alkyl halides is 3. The first-order valence-electron chi connectivity index (χ1n) is 7.58. The van der Waals surface area contributed by atoms with Gasteiger partial charge in [0, 0.05) is 16.7 Å². The smallest absolute Gasteiger partial charge is 0.242 e. The van der Waals surface area contributed by atoms with Gasteiger partial charge < -0.3 is 0 Å². The second-order valence-corrected chi connectivity index (χ2v) is 8.52. The van der Waals surface area contributed by atoms with Crippen LogP contribution in [0, 0.1) is 0 Å². The minimum atomic E-state index is -4.61. The maximum atomic E-state index is 13.2. The second-order valence-electron chi connectivity index (χ2n) is 5.68. The third-order valence-electron chi connectivity index (χ3n) is 3.73. The van der Waals surface area contributed by atoms with E-state index < -0.39 is 21.7 Å². The SMILES string of the molecule is CSc1ccc(-c2cc(C(F)(F)F)nn2-c2ccc(S(C)(=O)=O)nc2)cc1. The number of nitrogens with zero attached hydrogens (tertiary/aromatic N) is 3. The highest BCUT2D eigenvalue weighted by Crippen LogP contribution is 2.33. The molecule has 0 aliphatic carbocycles. The fraction of sp³-hybridized carbons (Fsp3) is 0.176. The average molecular weight is 413 g/mol. The summed E-state index contributed by atoms with van der Waals surface area (Å²) >= 11 is 1.52. The average Bonchev–Trinajstić information content (AvgIpc) is 3.07. The van der Waals surface area contributed by atoms with Crippen LogP contribution in [-0.2, 0) is 16.0 Å². The van der Waals surface area contributed by atoms with Crippen LogP contribution in [0.15, 0.2) is 58.6 Å². The molecule has 0 radical (unpaired) electrons. The molecule has 0 unspecified atom stereocenters. The second kappa shape index (κ2) is 7.01. The van der Waals surface area contributed by atoms with Gasteiger partial charge in [0.25, 0.3) is 0 Å². The largest absolute Gasteiger partial charge is 0.435 e. The van der Waals surface area contributed by atoms with Gasteiger partial charge in [-0.2, -0.15) is 18.3 Å². The number of benzene rings is 1. The van der Waals surface area contributed by atoms with Gasteiger partial charge >= 0.3 is 6.18 Å². The van der Waals surface area contributed by atoms with Crippen LogP contribution in [0.5, 0.6) is 0 Å². The van der Waals surface area contributed by atoms with Gasteiger partial charge in [-0.3, -0.25) is 0 Å². The molecule has 27 heavy (non-hydrogen) atoms. The van der Waals surface area contributed by atoms with Crippen LogP contribution < -0.4 is 0 Å². The van der Waals surface area contributed by atoms with E-state index in [4.69, 9.17) is 0 Å². The van der Waals surface area contributed by atoms with Gasteiger partial charge in [0.2, 0.25) is 0 Å². The van der Waals surface area contributed by atoms with Crippen LogP contribution >= 0.6 is 11.8 Å². The lowest BCUT2D eigenvalue weighted by molar-refractivity contribution is -0.141. The molecule has 142 valence electrons. The molecule has 2 heterocycles. The molecule has 0 aliphatic heterocycles. The zero-order valence-corrected chi connectivity index (χ0v) is 15.9. The quantitative estimate of drug-likeness (QED) is 0.603. The number of pyridine rings is 1. The zero-order chi connectivity index (χ0) is 19.8. The summed E-state index contributed by atoms with van der Waals surface area (Å²) < 4.78 is 63.7. The molecule has 0 fully saturated rings. The molecule has 0 N–H and O–H groups in total. The molecule has 0 bridgehead atoms. The highest BCUT2D eigenvalue weighted by atomic mass is 32.2. The number of sulfone groups is 1. The predicted octanol–water partition coefficient (Wildman–Crippen LogP) is 4.08. The van der Waals surface area contributed by atoms with E-state index in [0.29, 0.717) is 5.56 Å². The van der Waals surface area contributed by atoms with E-state index in [0.717, 1.165) is 21.9 Å². The Morgan fingerprint density at radius 1 is 1.07 bits per heavy atom. The first-order valence-corrected chi connectivity index (χ1v) is 10.7. The van der Waals surface area contributed by atoms with Crippen LogP contribution in [0.4, 0.5) is 13.2 Å². The molecule has 3 aromatic rings. The minimum absolute atomic E-state index is 0.166. The first kappa shape index (κ1) is 19.4. The molecule has 5 nitrogen and oxygen atoms in total. The fourth-order valence-electron chi connectivity index (χ4n) is 2.40. The monoisotopic (exact) mass is 413 g/mol. The summed E-state index contributed by atoms with van der Waals surface area (Å²) in [5, 5.41) is 3.49. The van der Waals surface area contributed by atoms with E-state index in [-0.39, 0.29) is 16.4 Å². The number of rotatable bonds is 4. The van der Waals surface area contributed by atoms with Crippen molar-refractivity contribution in [3.8, 4) is 16.9 Å². The summed E-state index contributed by atoms with van der Waals surface area (Å²) in [6.07, 6.45) is -0.526. The predicted molar refractivity (Wildman–Crippen MR) is 96.7 cm³/mol. The molecule has 0 saturated carbocycles. The number of hydrogen-bond donors (Lipinski definition) is 0. The van der Waals surface area contributed by atoms with Gasteiger partial charge in [-0.1, -0.05) is 12.1 Å². The van der Waals surface area contributed by atoms with Crippen LogP contribution in [0.25, 0.3) is 16.9 Å². The van der Waals surface area contributed by atoms with Crippen molar-refractivity contribution in [2.45, 2.75) is 16.1 Å². The Balaban J connectivity index is 2.14. The van der Waals surface area contributed by atoms with E-state index in [1.54, 1.807) is 24.3 Å². The number of hydrogen-bond acceptors (Lipinski definition) is 5. The lowest BCUT2D eigenvalue weighted by atomic mass is 10.1. The van der Waals surface area contributed by atoms with Crippen molar-refractivity contribution in [3.63, 3.8) is 0 Å². The number of aromatic nitrogens is 3. The maximum absolute atomic E-state index is 13.2. The number of thioether (sulfide) groups is 1. The van der Waals surface area contributed by atoms with Crippen molar-refractivity contribution in [2.75, 3.05) is 12.5 Å². The van der Waals surface area contributed by atoms with E-state index >= 15 is 0 Å². The van der Waals surface area contributed by atoms with Gasteiger partial charge in [-0.15, -0.1) is 11.8 Å². The molecule has 0 aliphatic rings. The van der Waals surface area contributed by atoms with Crippen molar-refractivity contribution < 1.29 is 21.6 Å². The van der Waals surface area contributed by atoms with Crippen LogP contribution in [0.2, 0.25) is 0 Å². The third-order valence-corrected chi connectivity index (χ3v) is 5.48. The lowest BCUT2D eigenvalue weighted by Crippen LogP contribution is -2.08. The summed E-state index contributed by atoms with van der Waals surface area (Å²) in [6.45, 7) is 0. The van der Waals surface area contributed by atoms with Gasteiger partial charge in [0.15, 0.2) is 20.6 Å². The normalized spacial score (nSPS) is 12.3. The molecule has 3 rings (SSSR count). The van der Waals surface area contributed by atoms with E-state index in [2.05, 4.69) is 10.1 Å². The summed E-state index contributed by atoms with van der Waals surface area (Å²) in [5.41, 5.74) is -0.0488. The molecular weight excluding hydrogens is 399 g/mol. The summed E-state index contributed by atoms with van der Waals surface area (Å²) in [6, 6.07) is 10.6. The van der Waals surface area contributed by atoms with Crippen molar-refractivity contribution in [2.24, 2.45) is 0 Å². The minimum Gasteiger partial charge on any atom is -0.242 e.